The van der Waals surface area contributed by atoms with Crippen LogP contribution in [-0.2, 0) is 11.8 Å². The number of amides is 1. The summed E-state index contributed by atoms with van der Waals surface area (Å²) in [5.74, 6) is 2.86. The van der Waals surface area contributed by atoms with E-state index in [2.05, 4.69) is 15.5 Å². The summed E-state index contributed by atoms with van der Waals surface area (Å²) in [5.41, 5.74) is 0.665. The predicted octanol–water partition coefficient (Wildman–Crippen LogP) is 3.85. The molecule has 0 spiro atoms. The third-order valence-corrected chi connectivity index (χ3v) is 5.67. The first-order chi connectivity index (χ1) is 15.1. The van der Waals surface area contributed by atoms with E-state index >= 15 is 0 Å². The van der Waals surface area contributed by atoms with Crippen molar-refractivity contribution in [3.8, 4) is 17.2 Å². The van der Waals surface area contributed by atoms with Gasteiger partial charge in [0.2, 0.25) is 5.91 Å². The van der Waals surface area contributed by atoms with E-state index in [0.717, 1.165) is 12.2 Å². The number of anilines is 1. The van der Waals surface area contributed by atoms with E-state index in [9.17, 15) is 4.79 Å². The average Bonchev–Trinajstić information content (AvgIpc) is 2.98. The third-order valence-electron chi connectivity index (χ3n) is 4.65. The number of hydrogen-bond acceptors (Lipinski definition) is 7. The fraction of sp³-hybridized carbons (Fsp3) is 0.318. The summed E-state index contributed by atoms with van der Waals surface area (Å²) in [6.07, 6.45) is 0.562. The van der Waals surface area contributed by atoms with Crippen molar-refractivity contribution in [2.45, 2.75) is 24.6 Å². The molecule has 162 valence electrons. The number of hydrogen-bond donors (Lipinski definition) is 1. The zero-order valence-corrected chi connectivity index (χ0v) is 18.2. The van der Waals surface area contributed by atoms with Crippen LogP contribution in [0.5, 0.6) is 17.2 Å². The van der Waals surface area contributed by atoms with Crippen LogP contribution in [0, 0.1) is 0 Å². The molecule has 9 heteroatoms. The van der Waals surface area contributed by atoms with Crippen molar-refractivity contribution in [1.82, 2.24) is 14.8 Å². The number of ether oxygens (including phenoxy) is 3. The largest absolute Gasteiger partial charge is 0.490 e. The van der Waals surface area contributed by atoms with Gasteiger partial charge in [0.05, 0.1) is 19.0 Å². The summed E-state index contributed by atoms with van der Waals surface area (Å²) in [5, 5.41) is 12.0. The van der Waals surface area contributed by atoms with Crippen LogP contribution in [0.3, 0.4) is 0 Å². The number of fused-ring (bicyclic) bond motifs is 1. The molecule has 31 heavy (non-hydrogen) atoms. The van der Waals surface area contributed by atoms with Gasteiger partial charge in [0, 0.05) is 25.2 Å². The van der Waals surface area contributed by atoms with Crippen LogP contribution >= 0.6 is 11.8 Å². The minimum atomic E-state index is -0.273. The lowest BCUT2D eigenvalue weighted by atomic mass is 10.2. The number of para-hydroxylation sites is 1. The molecule has 1 aliphatic heterocycles. The second kappa shape index (κ2) is 9.74. The number of nitrogens with zero attached hydrogens (tertiary/aromatic N) is 3. The molecule has 1 aliphatic rings. The molecule has 4 rings (SSSR count). The van der Waals surface area contributed by atoms with Gasteiger partial charge in [-0.1, -0.05) is 30.0 Å². The van der Waals surface area contributed by atoms with Crippen LogP contribution < -0.4 is 19.5 Å². The molecule has 0 radical (unpaired) electrons. The number of nitrogens with one attached hydrogen (secondary N) is 1. The van der Waals surface area contributed by atoms with E-state index in [1.54, 1.807) is 12.1 Å². The summed E-state index contributed by atoms with van der Waals surface area (Å²) in [6.45, 7) is 3.15. The highest BCUT2D eigenvalue weighted by atomic mass is 32.2. The summed E-state index contributed by atoms with van der Waals surface area (Å²) < 4.78 is 19.1. The van der Waals surface area contributed by atoms with Crippen LogP contribution in [-0.4, -0.2) is 39.6 Å². The molecule has 0 saturated carbocycles. The lowest BCUT2D eigenvalue weighted by molar-refractivity contribution is -0.113. The average molecular weight is 441 g/mol. The number of rotatable bonds is 7. The van der Waals surface area contributed by atoms with Gasteiger partial charge in [-0.25, -0.2) is 0 Å². The standard InChI is InChI=1S/C22H24N4O4S/c1-15(30-17-7-4-3-5-8-17)21-24-25-22(26(21)2)31-14-20(27)23-16-9-10-18-19(13-16)29-12-6-11-28-18/h3-5,7-10,13,15H,6,11-12,14H2,1-2H3,(H,23,27). The first kappa shape index (κ1) is 21.0. The van der Waals surface area contributed by atoms with E-state index in [1.165, 1.54) is 11.8 Å². The molecule has 1 aromatic heterocycles. The Kier molecular flexibility index (Phi) is 6.61. The van der Waals surface area contributed by atoms with Crippen LogP contribution in [0.25, 0.3) is 0 Å². The van der Waals surface area contributed by atoms with Gasteiger partial charge in [-0.15, -0.1) is 10.2 Å². The van der Waals surface area contributed by atoms with Gasteiger partial charge < -0.3 is 24.1 Å². The second-order valence-corrected chi connectivity index (χ2v) is 7.96. The minimum Gasteiger partial charge on any atom is -0.490 e. The highest BCUT2D eigenvalue weighted by molar-refractivity contribution is 7.99. The predicted molar refractivity (Wildman–Crippen MR) is 118 cm³/mol. The molecule has 3 aromatic rings. The van der Waals surface area contributed by atoms with Gasteiger partial charge in [0.1, 0.15) is 5.75 Å². The highest BCUT2D eigenvalue weighted by Crippen LogP contribution is 2.32. The van der Waals surface area contributed by atoms with Gasteiger partial charge in [0.15, 0.2) is 28.6 Å². The maximum atomic E-state index is 12.4. The SMILES string of the molecule is CC(Oc1ccccc1)c1nnc(SCC(=O)Nc2ccc3c(c2)OCCCO3)n1C. The van der Waals surface area contributed by atoms with Gasteiger partial charge in [0.25, 0.3) is 0 Å². The zero-order valence-electron chi connectivity index (χ0n) is 17.4. The summed E-state index contributed by atoms with van der Waals surface area (Å²) in [4.78, 5) is 12.4. The first-order valence-corrected chi connectivity index (χ1v) is 11.0. The molecule has 2 heterocycles. The van der Waals surface area contributed by atoms with Crippen LogP contribution in [0.4, 0.5) is 5.69 Å². The van der Waals surface area contributed by atoms with Crippen LogP contribution in [0.2, 0.25) is 0 Å². The van der Waals surface area contributed by atoms with E-state index in [1.807, 2.05) is 54.9 Å². The van der Waals surface area contributed by atoms with Crippen LogP contribution in [0.15, 0.2) is 53.7 Å². The van der Waals surface area contributed by atoms with Gasteiger partial charge in [-0.05, 0) is 31.2 Å². The van der Waals surface area contributed by atoms with Crippen molar-refractivity contribution in [1.29, 1.82) is 0 Å². The maximum absolute atomic E-state index is 12.4. The topological polar surface area (TPSA) is 87.5 Å². The van der Waals surface area contributed by atoms with E-state index < -0.39 is 0 Å². The molecular formula is C22H24N4O4S. The van der Waals surface area contributed by atoms with Crippen molar-refractivity contribution in [3.63, 3.8) is 0 Å². The summed E-state index contributed by atoms with van der Waals surface area (Å²) in [6, 6.07) is 15.0. The Morgan fingerprint density at radius 2 is 1.94 bits per heavy atom. The Balaban J connectivity index is 1.33. The normalized spacial score (nSPS) is 13.9. The number of thioether (sulfide) groups is 1. The molecule has 0 fully saturated rings. The zero-order chi connectivity index (χ0) is 21.6. The fourth-order valence-corrected chi connectivity index (χ4v) is 3.85. The number of carbonyl (C=O) groups excluding carboxylic acids is 1. The van der Waals surface area contributed by atoms with E-state index in [0.29, 0.717) is 41.4 Å². The highest BCUT2D eigenvalue weighted by Gasteiger charge is 2.18. The van der Waals surface area contributed by atoms with Crippen molar-refractivity contribution in [3.05, 3.63) is 54.4 Å². The summed E-state index contributed by atoms with van der Waals surface area (Å²) >= 11 is 1.32. The van der Waals surface area contributed by atoms with Crippen molar-refractivity contribution in [2.24, 2.45) is 7.05 Å². The lowest BCUT2D eigenvalue weighted by Crippen LogP contribution is -2.15. The maximum Gasteiger partial charge on any atom is 0.234 e. The number of carbonyl (C=O) groups is 1. The molecule has 1 N–H and O–H groups in total. The molecule has 1 amide bonds. The molecule has 1 atom stereocenters. The molecule has 8 nitrogen and oxygen atoms in total. The molecule has 2 aromatic carbocycles. The fourth-order valence-electron chi connectivity index (χ4n) is 3.13. The third kappa shape index (κ3) is 5.29. The lowest BCUT2D eigenvalue weighted by Gasteiger charge is -2.14. The van der Waals surface area contributed by atoms with Gasteiger partial charge >= 0.3 is 0 Å². The molecular weight excluding hydrogens is 416 g/mol. The van der Waals surface area contributed by atoms with Crippen molar-refractivity contribution in [2.75, 3.05) is 24.3 Å². The molecule has 0 saturated heterocycles. The number of aromatic nitrogens is 3. The van der Waals surface area contributed by atoms with Crippen molar-refractivity contribution < 1.29 is 19.0 Å². The Labute approximate surface area is 184 Å². The van der Waals surface area contributed by atoms with Crippen LogP contribution in [0.1, 0.15) is 25.3 Å². The van der Waals surface area contributed by atoms with Crippen molar-refractivity contribution >= 4 is 23.4 Å². The van der Waals surface area contributed by atoms with Gasteiger partial charge in [-0.2, -0.15) is 0 Å². The molecule has 1 unspecified atom stereocenters. The minimum absolute atomic E-state index is 0.141. The monoisotopic (exact) mass is 440 g/mol. The second-order valence-electron chi connectivity index (χ2n) is 7.02. The number of benzene rings is 2. The Bertz CT molecular complexity index is 1040. The Morgan fingerprint density at radius 3 is 2.74 bits per heavy atom. The summed E-state index contributed by atoms with van der Waals surface area (Å²) in [7, 11) is 1.87. The first-order valence-electron chi connectivity index (χ1n) is 10.0. The Morgan fingerprint density at radius 1 is 1.16 bits per heavy atom. The van der Waals surface area contributed by atoms with E-state index in [4.69, 9.17) is 14.2 Å². The quantitative estimate of drug-likeness (QED) is 0.559. The molecule has 0 aliphatic carbocycles. The van der Waals surface area contributed by atoms with Gasteiger partial charge in [-0.3, -0.25) is 4.79 Å². The smallest absolute Gasteiger partial charge is 0.234 e. The van der Waals surface area contributed by atoms with E-state index in [-0.39, 0.29) is 17.8 Å². The Hall–Kier alpha value is -3.20. The molecule has 0 bridgehead atoms.